The Hall–Kier alpha value is -3.48. The van der Waals surface area contributed by atoms with Crippen molar-refractivity contribution in [2.75, 3.05) is 13.2 Å². The number of hydrogen-bond donors (Lipinski definition) is 1. The number of benzene rings is 2. The van der Waals surface area contributed by atoms with Crippen LogP contribution in [-0.4, -0.2) is 34.8 Å². The summed E-state index contributed by atoms with van der Waals surface area (Å²) in [4.78, 5) is 36.5. The highest BCUT2D eigenvalue weighted by molar-refractivity contribution is 6.02. The van der Waals surface area contributed by atoms with Crippen LogP contribution in [0.5, 0.6) is 0 Å². The second-order valence-corrected chi connectivity index (χ2v) is 6.43. The fourth-order valence-corrected chi connectivity index (χ4v) is 2.93. The Kier molecular flexibility index (Phi) is 5.84. The molecule has 0 fully saturated rings. The van der Waals surface area contributed by atoms with E-state index in [0.29, 0.717) is 23.7 Å². The number of nitrogens with zero attached hydrogens (tertiary/aromatic N) is 2. The standard InChI is InChI=1S/C21H21N3O4/c1-14-7-3-4-8-15(14)11-12-22-18(25)13-28-21(27)19-16-9-5-6-10-17(16)20(26)24(2)23-19/h3-10H,11-13H2,1-2H3,(H,22,25). The van der Waals surface area contributed by atoms with Gasteiger partial charge in [-0.1, -0.05) is 42.5 Å². The SMILES string of the molecule is Cc1ccccc1CCNC(=O)COC(=O)c1nn(C)c(=O)c2ccccc12. The molecule has 0 atom stereocenters. The summed E-state index contributed by atoms with van der Waals surface area (Å²) in [5, 5.41) is 7.49. The summed E-state index contributed by atoms with van der Waals surface area (Å²) in [6.45, 7) is 2.05. The highest BCUT2D eigenvalue weighted by Gasteiger charge is 2.18. The van der Waals surface area contributed by atoms with Crippen LogP contribution < -0.4 is 10.9 Å². The van der Waals surface area contributed by atoms with Crippen molar-refractivity contribution >= 4 is 22.6 Å². The first kappa shape index (κ1) is 19.3. The number of amides is 1. The molecule has 7 heteroatoms. The molecule has 0 bridgehead atoms. The maximum Gasteiger partial charge on any atom is 0.359 e. The van der Waals surface area contributed by atoms with Crippen molar-refractivity contribution in [2.24, 2.45) is 7.05 Å². The Morgan fingerprint density at radius 3 is 2.50 bits per heavy atom. The van der Waals surface area contributed by atoms with Crippen LogP contribution in [0.15, 0.2) is 53.3 Å². The Labute approximate surface area is 161 Å². The van der Waals surface area contributed by atoms with Crippen LogP contribution in [0.3, 0.4) is 0 Å². The average Bonchev–Trinajstić information content (AvgIpc) is 2.70. The molecule has 0 aliphatic rings. The van der Waals surface area contributed by atoms with E-state index in [9.17, 15) is 14.4 Å². The van der Waals surface area contributed by atoms with Crippen LogP contribution in [0, 0.1) is 6.92 Å². The van der Waals surface area contributed by atoms with E-state index >= 15 is 0 Å². The van der Waals surface area contributed by atoms with E-state index in [1.807, 2.05) is 31.2 Å². The molecule has 0 saturated heterocycles. The smallest absolute Gasteiger partial charge is 0.359 e. The van der Waals surface area contributed by atoms with Gasteiger partial charge in [-0.15, -0.1) is 0 Å². The van der Waals surface area contributed by atoms with Crippen molar-refractivity contribution in [2.45, 2.75) is 13.3 Å². The maximum atomic E-state index is 12.4. The van der Waals surface area contributed by atoms with Gasteiger partial charge < -0.3 is 10.1 Å². The maximum absolute atomic E-state index is 12.4. The van der Waals surface area contributed by atoms with E-state index in [0.717, 1.165) is 15.8 Å². The predicted molar refractivity (Wildman–Crippen MR) is 105 cm³/mol. The van der Waals surface area contributed by atoms with Crippen molar-refractivity contribution < 1.29 is 14.3 Å². The first-order chi connectivity index (χ1) is 13.5. The molecule has 7 nitrogen and oxygen atoms in total. The van der Waals surface area contributed by atoms with Gasteiger partial charge >= 0.3 is 5.97 Å². The van der Waals surface area contributed by atoms with Crippen molar-refractivity contribution in [1.29, 1.82) is 0 Å². The molecule has 0 radical (unpaired) electrons. The van der Waals surface area contributed by atoms with E-state index < -0.39 is 18.5 Å². The monoisotopic (exact) mass is 379 g/mol. The number of nitrogens with one attached hydrogen (secondary N) is 1. The first-order valence-electron chi connectivity index (χ1n) is 8.91. The van der Waals surface area contributed by atoms with Crippen LogP contribution in [0.25, 0.3) is 10.8 Å². The Balaban J connectivity index is 1.59. The van der Waals surface area contributed by atoms with Gasteiger partial charge in [-0.3, -0.25) is 9.59 Å². The zero-order valence-corrected chi connectivity index (χ0v) is 15.8. The number of rotatable bonds is 6. The van der Waals surface area contributed by atoms with Crippen molar-refractivity contribution in [3.8, 4) is 0 Å². The second-order valence-electron chi connectivity index (χ2n) is 6.43. The van der Waals surface area contributed by atoms with Gasteiger partial charge in [0.15, 0.2) is 12.3 Å². The summed E-state index contributed by atoms with van der Waals surface area (Å²) in [6.07, 6.45) is 0.694. The highest BCUT2D eigenvalue weighted by Crippen LogP contribution is 2.14. The third kappa shape index (κ3) is 4.25. The summed E-state index contributed by atoms with van der Waals surface area (Å²) in [5.41, 5.74) is 2.02. The van der Waals surface area contributed by atoms with E-state index in [1.165, 1.54) is 7.05 Å². The second kappa shape index (κ2) is 8.47. The third-order valence-corrected chi connectivity index (χ3v) is 4.46. The van der Waals surface area contributed by atoms with Gasteiger partial charge in [0, 0.05) is 19.0 Å². The fourth-order valence-electron chi connectivity index (χ4n) is 2.93. The van der Waals surface area contributed by atoms with Crippen LogP contribution in [-0.2, 0) is 23.0 Å². The number of hydrogen-bond acceptors (Lipinski definition) is 5. The molecular formula is C21H21N3O4. The van der Waals surface area contributed by atoms with E-state index in [-0.39, 0.29) is 11.3 Å². The summed E-state index contributed by atoms with van der Waals surface area (Å²) in [5.74, 6) is -1.14. The molecule has 0 spiro atoms. The number of carbonyl (C=O) groups excluding carboxylic acids is 2. The number of esters is 1. The molecular weight excluding hydrogens is 358 g/mol. The third-order valence-electron chi connectivity index (χ3n) is 4.46. The van der Waals surface area contributed by atoms with Gasteiger partial charge in [0.1, 0.15) is 0 Å². The summed E-state index contributed by atoms with van der Waals surface area (Å²) >= 11 is 0. The molecule has 1 aromatic heterocycles. The van der Waals surface area contributed by atoms with Gasteiger partial charge in [-0.2, -0.15) is 5.10 Å². The minimum atomic E-state index is -0.749. The number of aryl methyl sites for hydroxylation is 2. The van der Waals surface area contributed by atoms with Crippen LogP contribution in [0.4, 0.5) is 0 Å². The van der Waals surface area contributed by atoms with Crippen LogP contribution in [0.2, 0.25) is 0 Å². The lowest BCUT2D eigenvalue weighted by atomic mass is 10.1. The number of aromatic nitrogens is 2. The lowest BCUT2D eigenvalue weighted by Crippen LogP contribution is -2.31. The zero-order chi connectivity index (χ0) is 20.1. The quantitative estimate of drug-likeness (QED) is 0.659. The minimum Gasteiger partial charge on any atom is -0.451 e. The molecule has 0 aliphatic carbocycles. The van der Waals surface area contributed by atoms with Gasteiger partial charge in [-0.25, -0.2) is 9.48 Å². The number of carbonyl (C=O) groups is 2. The van der Waals surface area contributed by atoms with Crippen molar-refractivity contribution in [3.05, 3.63) is 75.7 Å². The molecule has 0 saturated carbocycles. The van der Waals surface area contributed by atoms with E-state index in [4.69, 9.17) is 4.74 Å². The lowest BCUT2D eigenvalue weighted by molar-refractivity contribution is -0.124. The fraction of sp³-hybridized carbons (Fsp3) is 0.238. The normalized spacial score (nSPS) is 10.6. The largest absolute Gasteiger partial charge is 0.451 e. The Morgan fingerprint density at radius 1 is 1.07 bits per heavy atom. The van der Waals surface area contributed by atoms with Gasteiger partial charge in [0.25, 0.3) is 11.5 Å². The summed E-state index contributed by atoms with van der Waals surface area (Å²) in [6, 6.07) is 14.6. The van der Waals surface area contributed by atoms with Gasteiger partial charge in [0.05, 0.1) is 5.39 Å². The minimum absolute atomic E-state index is 0.00501. The predicted octanol–water partition coefficient (Wildman–Crippen LogP) is 1.76. The summed E-state index contributed by atoms with van der Waals surface area (Å²) in [7, 11) is 1.46. The molecule has 0 unspecified atom stereocenters. The summed E-state index contributed by atoms with van der Waals surface area (Å²) < 4.78 is 6.18. The number of ether oxygens (including phenoxy) is 1. The Bertz CT molecular complexity index is 1090. The first-order valence-corrected chi connectivity index (χ1v) is 8.91. The topological polar surface area (TPSA) is 90.3 Å². The lowest BCUT2D eigenvalue weighted by Gasteiger charge is -2.09. The van der Waals surface area contributed by atoms with Gasteiger partial charge in [-0.05, 0) is 30.5 Å². The number of fused-ring (bicyclic) bond motifs is 1. The molecule has 1 heterocycles. The van der Waals surface area contributed by atoms with E-state index in [1.54, 1.807) is 24.3 Å². The molecule has 3 aromatic rings. The van der Waals surface area contributed by atoms with Crippen LogP contribution in [0.1, 0.15) is 21.6 Å². The highest BCUT2D eigenvalue weighted by atomic mass is 16.5. The molecule has 2 aromatic carbocycles. The van der Waals surface area contributed by atoms with Crippen molar-refractivity contribution in [3.63, 3.8) is 0 Å². The Morgan fingerprint density at radius 2 is 1.75 bits per heavy atom. The molecule has 3 rings (SSSR count). The molecule has 1 N–H and O–H groups in total. The molecule has 1 amide bonds. The zero-order valence-electron chi connectivity index (χ0n) is 15.8. The average molecular weight is 379 g/mol. The van der Waals surface area contributed by atoms with E-state index in [2.05, 4.69) is 10.4 Å². The van der Waals surface area contributed by atoms with Gasteiger partial charge in [0.2, 0.25) is 0 Å². The van der Waals surface area contributed by atoms with Crippen LogP contribution >= 0.6 is 0 Å². The molecule has 0 aliphatic heterocycles. The van der Waals surface area contributed by atoms with Crippen molar-refractivity contribution in [1.82, 2.24) is 15.1 Å². The molecule has 28 heavy (non-hydrogen) atoms. The molecule has 144 valence electrons.